The Hall–Kier alpha value is -2.45. The van der Waals surface area contributed by atoms with Crippen LogP contribution in [0.15, 0.2) is 45.8 Å². The molecular formula is C17H17N3O4S. The first kappa shape index (κ1) is 16.0. The van der Waals surface area contributed by atoms with E-state index in [1.807, 2.05) is 12.1 Å². The highest BCUT2D eigenvalue weighted by molar-refractivity contribution is 7.89. The highest BCUT2D eigenvalue weighted by Gasteiger charge is 2.29. The molecule has 1 aliphatic carbocycles. The fourth-order valence-electron chi connectivity index (χ4n) is 2.57. The standard InChI is InChI=1S/C17H17N3O4S/c1-23-14-6-4-13-9-15(7-5-12(13)8-14)25(21,22)18-10-16-19-17(24-20-16)11-2-3-11/h4-9,11,18H,2-3,10H2,1H3. The van der Waals surface area contributed by atoms with Crippen LogP contribution in [0, 0.1) is 0 Å². The van der Waals surface area contributed by atoms with Gasteiger partial charge < -0.3 is 9.26 Å². The minimum absolute atomic E-state index is 0.000791. The van der Waals surface area contributed by atoms with Gasteiger partial charge in [-0.1, -0.05) is 17.3 Å². The number of benzene rings is 2. The van der Waals surface area contributed by atoms with Crippen molar-refractivity contribution in [1.29, 1.82) is 0 Å². The average Bonchev–Trinajstić information content (AvgIpc) is 3.37. The maximum Gasteiger partial charge on any atom is 0.240 e. The molecule has 1 heterocycles. The summed E-state index contributed by atoms with van der Waals surface area (Å²) in [5, 5.41) is 5.54. The molecular weight excluding hydrogens is 342 g/mol. The predicted octanol–water partition coefficient (Wildman–Crippen LogP) is 2.59. The summed E-state index contributed by atoms with van der Waals surface area (Å²) in [6, 6.07) is 10.4. The third-order valence-electron chi connectivity index (χ3n) is 4.16. The molecule has 8 heteroatoms. The molecule has 0 radical (unpaired) electrons. The molecule has 1 saturated carbocycles. The summed E-state index contributed by atoms with van der Waals surface area (Å²) in [7, 11) is -2.07. The van der Waals surface area contributed by atoms with E-state index >= 15 is 0 Å². The molecule has 1 aromatic heterocycles. The molecule has 0 unspecified atom stereocenters. The van der Waals surface area contributed by atoms with Crippen molar-refractivity contribution in [3.05, 3.63) is 48.1 Å². The van der Waals surface area contributed by atoms with Gasteiger partial charge in [0.1, 0.15) is 5.75 Å². The third-order valence-corrected chi connectivity index (χ3v) is 5.56. The van der Waals surface area contributed by atoms with Gasteiger partial charge in [-0.25, -0.2) is 13.1 Å². The number of aromatic nitrogens is 2. The molecule has 1 fully saturated rings. The molecule has 0 spiro atoms. The van der Waals surface area contributed by atoms with Gasteiger partial charge in [-0.05, 0) is 47.9 Å². The maximum absolute atomic E-state index is 12.5. The van der Waals surface area contributed by atoms with Crippen molar-refractivity contribution in [2.45, 2.75) is 30.2 Å². The van der Waals surface area contributed by atoms with Crippen molar-refractivity contribution in [3.63, 3.8) is 0 Å². The van der Waals surface area contributed by atoms with Gasteiger partial charge in [0.05, 0.1) is 18.6 Å². The lowest BCUT2D eigenvalue weighted by atomic mass is 10.1. The molecule has 0 saturated heterocycles. The SMILES string of the molecule is COc1ccc2cc(S(=O)(=O)NCc3noc(C4CC4)n3)ccc2c1. The Balaban J connectivity index is 1.53. The summed E-state index contributed by atoms with van der Waals surface area (Å²) in [5.74, 6) is 2.00. The summed E-state index contributed by atoms with van der Waals surface area (Å²) >= 11 is 0. The monoisotopic (exact) mass is 359 g/mol. The number of fused-ring (bicyclic) bond motifs is 1. The zero-order valence-corrected chi connectivity index (χ0v) is 14.4. The van der Waals surface area contributed by atoms with Gasteiger partial charge in [-0.2, -0.15) is 4.98 Å². The van der Waals surface area contributed by atoms with E-state index < -0.39 is 10.0 Å². The van der Waals surface area contributed by atoms with Crippen molar-refractivity contribution in [2.24, 2.45) is 0 Å². The zero-order valence-electron chi connectivity index (χ0n) is 13.6. The number of nitrogens with one attached hydrogen (secondary N) is 1. The second-order valence-corrected chi connectivity index (χ2v) is 7.79. The lowest BCUT2D eigenvalue weighted by molar-refractivity contribution is 0.373. The molecule has 130 valence electrons. The lowest BCUT2D eigenvalue weighted by Crippen LogP contribution is -2.23. The van der Waals surface area contributed by atoms with Crippen molar-refractivity contribution < 1.29 is 17.7 Å². The fourth-order valence-corrected chi connectivity index (χ4v) is 3.59. The quantitative estimate of drug-likeness (QED) is 0.727. The topological polar surface area (TPSA) is 94.3 Å². The average molecular weight is 359 g/mol. The van der Waals surface area contributed by atoms with E-state index in [1.165, 1.54) is 0 Å². The van der Waals surface area contributed by atoms with Crippen LogP contribution in [0.5, 0.6) is 5.75 Å². The van der Waals surface area contributed by atoms with Gasteiger partial charge in [0, 0.05) is 5.92 Å². The van der Waals surface area contributed by atoms with E-state index in [-0.39, 0.29) is 11.4 Å². The van der Waals surface area contributed by atoms with Gasteiger partial charge in [0.25, 0.3) is 0 Å². The van der Waals surface area contributed by atoms with Crippen LogP contribution in [0.1, 0.15) is 30.5 Å². The van der Waals surface area contributed by atoms with E-state index in [0.29, 0.717) is 17.6 Å². The minimum Gasteiger partial charge on any atom is -0.497 e. The van der Waals surface area contributed by atoms with Crippen LogP contribution < -0.4 is 9.46 Å². The van der Waals surface area contributed by atoms with E-state index in [9.17, 15) is 8.42 Å². The third kappa shape index (κ3) is 3.35. The van der Waals surface area contributed by atoms with Crippen molar-refractivity contribution in [3.8, 4) is 5.75 Å². The Kier molecular flexibility index (Phi) is 3.93. The van der Waals surface area contributed by atoms with Gasteiger partial charge in [-0.3, -0.25) is 0 Å². The number of ether oxygens (including phenoxy) is 1. The Bertz CT molecular complexity index is 1030. The first-order valence-electron chi connectivity index (χ1n) is 7.95. The molecule has 1 aliphatic rings. The Morgan fingerprint density at radius 1 is 1.20 bits per heavy atom. The molecule has 7 nitrogen and oxygen atoms in total. The van der Waals surface area contributed by atoms with E-state index in [2.05, 4.69) is 14.9 Å². The molecule has 4 rings (SSSR count). The van der Waals surface area contributed by atoms with Crippen LogP contribution in [-0.2, 0) is 16.6 Å². The van der Waals surface area contributed by atoms with Crippen molar-refractivity contribution in [1.82, 2.24) is 14.9 Å². The van der Waals surface area contributed by atoms with Gasteiger partial charge >= 0.3 is 0 Å². The predicted molar refractivity (Wildman–Crippen MR) is 90.8 cm³/mol. The highest BCUT2D eigenvalue weighted by atomic mass is 32.2. The van der Waals surface area contributed by atoms with Crippen LogP contribution in [0.3, 0.4) is 0 Å². The lowest BCUT2D eigenvalue weighted by Gasteiger charge is -2.07. The van der Waals surface area contributed by atoms with Crippen LogP contribution in [-0.4, -0.2) is 25.7 Å². The number of nitrogens with zero attached hydrogens (tertiary/aromatic N) is 2. The van der Waals surface area contributed by atoms with Crippen molar-refractivity contribution in [2.75, 3.05) is 7.11 Å². The number of hydrogen-bond donors (Lipinski definition) is 1. The summed E-state index contributed by atoms with van der Waals surface area (Å²) in [4.78, 5) is 4.41. The molecule has 0 bridgehead atoms. The second kappa shape index (κ2) is 6.12. The second-order valence-electron chi connectivity index (χ2n) is 6.02. The summed E-state index contributed by atoms with van der Waals surface area (Å²) in [6.45, 7) is -0.000791. The normalized spacial score (nSPS) is 14.8. The molecule has 1 N–H and O–H groups in total. The van der Waals surface area contributed by atoms with Crippen LogP contribution in [0.25, 0.3) is 10.8 Å². The van der Waals surface area contributed by atoms with E-state index in [4.69, 9.17) is 9.26 Å². The number of methoxy groups -OCH3 is 1. The zero-order chi connectivity index (χ0) is 17.4. The summed E-state index contributed by atoms with van der Waals surface area (Å²) < 4.78 is 37.8. The molecule has 0 aliphatic heterocycles. The van der Waals surface area contributed by atoms with Crippen molar-refractivity contribution >= 4 is 20.8 Å². The molecule has 0 atom stereocenters. The smallest absolute Gasteiger partial charge is 0.240 e. The Morgan fingerprint density at radius 3 is 2.72 bits per heavy atom. The molecule has 3 aromatic rings. The van der Waals surface area contributed by atoms with E-state index in [0.717, 1.165) is 29.4 Å². The van der Waals surface area contributed by atoms with Gasteiger partial charge in [0.15, 0.2) is 5.82 Å². The van der Waals surface area contributed by atoms with Crippen LogP contribution >= 0.6 is 0 Å². The Morgan fingerprint density at radius 2 is 1.96 bits per heavy atom. The first-order chi connectivity index (χ1) is 12.0. The minimum atomic E-state index is -3.66. The van der Waals surface area contributed by atoms with Gasteiger partial charge in [0.2, 0.25) is 15.9 Å². The Labute approximate surface area is 145 Å². The van der Waals surface area contributed by atoms with Gasteiger partial charge in [-0.15, -0.1) is 0 Å². The summed E-state index contributed by atoms with van der Waals surface area (Å²) in [5.41, 5.74) is 0. The first-order valence-corrected chi connectivity index (χ1v) is 9.43. The van der Waals surface area contributed by atoms with Crippen LogP contribution in [0.2, 0.25) is 0 Å². The maximum atomic E-state index is 12.5. The summed E-state index contributed by atoms with van der Waals surface area (Å²) in [6.07, 6.45) is 2.10. The highest BCUT2D eigenvalue weighted by Crippen LogP contribution is 2.38. The van der Waals surface area contributed by atoms with E-state index in [1.54, 1.807) is 31.4 Å². The van der Waals surface area contributed by atoms with Crippen LogP contribution in [0.4, 0.5) is 0 Å². The molecule has 0 amide bonds. The number of hydrogen-bond acceptors (Lipinski definition) is 6. The number of sulfonamides is 1. The molecule has 2 aromatic carbocycles. The molecule has 25 heavy (non-hydrogen) atoms. The fraction of sp³-hybridized carbons (Fsp3) is 0.294. The largest absolute Gasteiger partial charge is 0.497 e. The number of rotatable bonds is 6.